The molecule has 3 nitrogen and oxygen atoms in total. The number of hydrogen-bond acceptors (Lipinski definition) is 1. The van der Waals surface area contributed by atoms with Gasteiger partial charge in [0.15, 0.2) is 0 Å². The molecule has 0 unspecified atom stereocenters. The first kappa shape index (κ1) is 10.8. The number of halogens is 1. The van der Waals surface area contributed by atoms with Crippen molar-refractivity contribution in [3.8, 4) is 0 Å². The minimum absolute atomic E-state index is 0.0377. The van der Waals surface area contributed by atoms with Crippen LogP contribution in [0, 0.1) is 0 Å². The molecular formula is C13H13BrN2O. The molecule has 2 aromatic rings. The van der Waals surface area contributed by atoms with Gasteiger partial charge >= 0.3 is 0 Å². The zero-order chi connectivity index (χ0) is 11.8. The molecule has 0 spiro atoms. The van der Waals surface area contributed by atoms with Crippen LogP contribution in [0.2, 0.25) is 0 Å². The van der Waals surface area contributed by atoms with Gasteiger partial charge in [-0.1, -0.05) is 30.3 Å². The normalized spacial score (nSPS) is 15.1. The Balaban J connectivity index is 1.93. The van der Waals surface area contributed by atoms with E-state index < -0.39 is 0 Å². The lowest BCUT2D eigenvalue weighted by Gasteiger charge is -2.01. The van der Waals surface area contributed by atoms with Gasteiger partial charge in [-0.15, -0.1) is 0 Å². The van der Waals surface area contributed by atoms with Gasteiger partial charge in [-0.05, 0) is 34.3 Å². The van der Waals surface area contributed by atoms with Gasteiger partial charge in [-0.3, -0.25) is 9.89 Å². The number of hydrogen-bond donors (Lipinski definition) is 1. The van der Waals surface area contributed by atoms with Crippen molar-refractivity contribution in [1.82, 2.24) is 9.78 Å². The molecule has 0 saturated heterocycles. The number of H-pyrrole nitrogens is 1. The number of aromatic nitrogens is 2. The zero-order valence-corrected chi connectivity index (χ0v) is 10.9. The number of benzene rings is 1. The summed E-state index contributed by atoms with van der Waals surface area (Å²) < 4.78 is 2.38. The Morgan fingerprint density at radius 2 is 2.00 bits per heavy atom. The Kier molecular flexibility index (Phi) is 2.67. The summed E-state index contributed by atoms with van der Waals surface area (Å²) in [5.74, 6) is 0.550. The molecule has 88 valence electrons. The average molecular weight is 293 g/mol. The molecule has 1 fully saturated rings. The van der Waals surface area contributed by atoms with Crippen LogP contribution in [0.25, 0.3) is 0 Å². The molecule has 17 heavy (non-hydrogen) atoms. The fourth-order valence-electron chi connectivity index (χ4n) is 2.00. The van der Waals surface area contributed by atoms with Crippen LogP contribution in [0.15, 0.2) is 39.6 Å². The molecule has 0 aliphatic heterocycles. The number of rotatable bonds is 3. The molecule has 1 saturated carbocycles. The maximum atomic E-state index is 12.0. The minimum Gasteiger partial charge on any atom is -0.298 e. The van der Waals surface area contributed by atoms with Crippen molar-refractivity contribution in [3.63, 3.8) is 0 Å². The predicted molar refractivity (Wildman–Crippen MR) is 70.3 cm³/mol. The molecule has 0 atom stereocenters. The van der Waals surface area contributed by atoms with Crippen LogP contribution >= 0.6 is 15.9 Å². The van der Waals surface area contributed by atoms with Gasteiger partial charge < -0.3 is 0 Å². The first-order chi connectivity index (χ1) is 8.25. The van der Waals surface area contributed by atoms with Crippen LogP contribution in [-0.2, 0) is 6.54 Å². The van der Waals surface area contributed by atoms with Crippen molar-refractivity contribution in [1.29, 1.82) is 0 Å². The summed E-state index contributed by atoms with van der Waals surface area (Å²) in [6, 6.07) is 10.0. The molecule has 0 bridgehead atoms. The highest BCUT2D eigenvalue weighted by molar-refractivity contribution is 9.10. The van der Waals surface area contributed by atoms with E-state index in [0.29, 0.717) is 16.9 Å². The maximum Gasteiger partial charge on any atom is 0.281 e. The Labute approximate surface area is 108 Å². The van der Waals surface area contributed by atoms with Gasteiger partial charge in [0.25, 0.3) is 5.56 Å². The summed E-state index contributed by atoms with van der Waals surface area (Å²) in [7, 11) is 0. The van der Waals surface area contributed by atoms with Crippen LogP contribution < -0.4 is 5.56 Å². The first-order valence-corrected chi connectivity index (χ1v) is 6.57. The van der Waals surface area contributed by atoms with Crippen molar-refractivity contribution in [3.05, 3.63) is 56.4 Å². The summed E-state index contributed by atoms with van der Waals surface area (Å²) in [6.07, 6.45) is 2.37. The molecule has 0 radical (unpaired) electrons. The summed E-state index contributed by atoms with van der Waals surface area (Å²) >= 11 is 3.39. The second-order valence-corrected chi connectivity index (χ2v) is 5.28. The van der Waals surface area contributed by atoms with Gasteiger partial charge in [0, 0.05) is 5.92 Å². The molecule has 1 heterocycles. The van der Waals surface area contributed by atoms with E-state index in [4.69, 9.17) is 0 Å². The van der Waals surface area contributed by atoms with Crippen LogP contribution in [0.5, 0.6) is 0 Å². The van der Waals surface area contributed by atoms with Crippen molar-refractivity contribution >= 4 is 15.9 Å². The predicted octanol–water partition coefficient (Wildman–Crippen LogP) is 2.86. The summed E-state index contributed by atoms with van der Waals surface area (Å²) in [5, 5.41) is 3.22. The van der Waals surface area contributed by atoms with E-state index in [1.165, 1.54) is 12.8 Å². The third kappa shape index (κ3) is 2.09. The van der Waals surface area contributed by atoms with E-state index in [1.54, 1.807) is 4.68 Å². The van der Waals surface area contributed by atoms with E-state index >= 15 is 0 Å². The van der Waals surface area contributed by atoms with E-state index in [9.17, 15) is 4.79 Å². The number of nitrogens with zero attached hydrogens (tertiary/aromatic N) is 1. The van der Waals surface area contributed by atoms with Gasteiger partial charge in [0.1, 0.15) is 4.47 Å². The number of aromatic amines is 1. The van der Waals surface area contributed by atoms with E-state index in [1.807, 2.05) is 30.3 Å². The van der Waals surface area contributed by atoms with Gasteiger partial charge in [-0.2, -0.15) is 0 Å². The summed E-state index contributed by atoms with van der Waals surface area (Å²) in [6.45, 7) is 0.602. The highest BCUT2D eigenvalue weighted by Gasteiger charge is 2.29. The van der Waals surface area contributed by atoms with Crippen LogP contribution in [0.3, 0.4) is 0 Å². The van der Waals surface area contributed by atoms with Crippen LogP contribution in [0.4, 0.5) is 0 Å². The largest absolute Gasteiger partial charge is 0.298 e. The van der Waals surface area contributed by atoms with Crippen LogP contribution in [-0.4, -0.2) is 9.78 Å². The van der Waals surface area contributed by atoms with Gasteiger partial charge in [-0.25, -0.2) is 4.68 Å². The summed E-state index contributed by atoms with van der Waals surface area (Å²) in [4.78, 5) is 12.0. The van der Waals surface area contributed by atoms with Crippen molar-refractivity contribution in [2.24, 2.45) is 0 Å². The minimum atomic E-state index is 0.0377. The fraction of sp³-hybridized carbons (Fsp3) is 0.308. The Bertz CT molecular complexity index is 581. The maximum absolute atomic E-state index is 12.0. The van der Waals surface area contributed by atoms with Gasteiger partial charge in [0.2, 0.25) is 0 Å². The zero-order valence-electron chi connectivity index (χ0n) is 9.32. The fourth-order valence-corrected chi connectivity index (χ4v) is 2.63. The lowest BCUT2D eigenvalue weighted by molar-refractivity contribution is 0.651. The Morgan fingerprint density at radius 1 is 1.29 bits per heavy atom. The topological polar surface area (TPSA) is 37.8 Å². The SMILES string of the molecule is O=c1c(Br)c(C2CC2)[nH]n1Cc1ccccc1. The first-order valence-electron chi connectivity index (χ1n) is 5.78. The quantitative estimate of drug-likeness (QED) is 0.928. The molecule has 1 N–H and O–H groups in total. The Morgan fingerprint density at radius 3 is 2.65 bits per heavy atom. The molecule has 1 aromatic carbocycles. The van der Waals surface area contributed by atoms with E-state index in [2.05, 4.69) is 21.0 Å². The number of nitrogens with one attached hydrogen (secondary N) is 1. The molecule has 1 aliphatic carbocycles. The lowest BCUT2D eigenvalue weighted by Crippen LogP contribution is -2.17. The average Bonchev–Trinajstić information content (AvgIpc) is 3.14. The van der Waals surface area contributed by atoms with Gasteiger partial charge in [0.05, 0.1) is 12.2 Å². The highest BCUT2D eigenvalue weighted by atomic mass is 79.9. The molecule has 1 aliphatic rings. The van der Waals surface area contributed by atoms with Crippen molar-refractivity contribution in [2.45, 2.75) is 25.3 Å². The molecule has 3 rings (SSSR count). The molecular weight excluding hydrogens is 280 g/mol. The summed E-state index contributed by atoms with van der Waals surface area (Å²) in [5.41, 5.74) is 2.23. The monoisotopic (exact) mass is 292 g/mol. The third-order valence-electron chi connectivity index (χ3n) is 3.09. The second kappa shape index (κ2) is 4.18. The van der Waals surface area contributed by atoms with Crippen molar-refractivity contribution < 1.29 is 0 Å². The third-order valence-corrected chi connectivity index (χ3v) is 3.86. The van der Waals surface area contributed by atoms with E-state index in [0.717, 1.165) is 11.3 Å². The standard InChI is InChI=1S/C13H13BrN2O/c14-11-12(10-6-7-10)15-16(13(11)17)8-9-4-2-1-3-5-9/h1-5,10,15H,6-8H2. The Hall–Kier alpha value is -1.29. The second-order valence-electron chi connectivity index (χ2n) is 4.49. The van der Waals surface area contributed by atoms with Crippen molar-refractivity contribution in [2.75, 3.05) is 0 Å². The lowest BCUT2D eigenvalue weighted by atomic mass is 10.2. The van der Waals surface area contributed by atoms with E-state index in [-0.39, 0.29) is 5.56 Å². The highest BCUT2D eigenvalue weighted by Crippen LogP contribution is 2.41. The molecule has 0 amide bonds. The molecule has 4 heteroatoms. The van der Waals surface area contributed by atoms with Crippen LogP contribution in [0.1, 0.15) is 30.0 Å². The smallest absolute Gasteiger partial charge is 0.281 e. The molecule has 1 aromatic heterocycles.